The van der Waals surface area contributed by atoms with Crippen molar-refractivity contribution >= 4 is 36.0 Å². The van der Waals surface area contributed by atoms with Crippen LogP contribution in [0.4, 0.5) is 5.82 Å². The molecule has 0 bridgehead atoms. The second-order valence-corrected chi connectivity index (χ2v) is 9.68. The Morgan fingerprint density at radius 1 is 1.38 bits per heavy atom. The fraction of sp³-hybridized carbons (Fsp3) is 0.667. The molecule has 0 saturated carbocycles. The summed E-state index contributed by atoms with van der Waals surface area (Å²) >= 11 is 4.00. The summed E-state index contributed by atoms with van der Waals surface area (Å²) in [5.74, 6) is 0.239. The standard InChI is InChI=1S/C15H22N5O7PS/c16-14-13-15(18-6-17-14)20(7-19-13)12-3-9(10(4-21)26-12)27-28(23,29)25-5-11-8(22)1-2-24-11/h6-12,21-22H,1-5H2,(H,23,29)(H2,16,17,18)/t8?,9?,10-,11-,12-,28?/m1/s1. The third kappa shape index (κ3) is 4.42. The molecular weight excluding hydrogens is 425 g/mol. The Kier molecular flexibility index (Phi) is 6.09. The summed E-state index contributed by atoms with van der Waals surface area (Å²) in [6.07, 6.45) is 0.211. The number of imidazole rings is 1. The van der Waals surface area contributed by atoms with Crippen molar-refractivity contribution in [3.8, 4) is 0 Å². The molecule has 160 valence electrons. The molecule has 2 saturated heterocycles. The van der Waals surface area contributed by atoms with E-state index in [0.29, 0.717) is 24.2 Å². The Bertz CT molecular complexity index is 916. The highest BCUT2D eigenvalue weighted by molar-refractivity contribution is 8.44. The average Bonchev–Trinajstić information content (AvgIpc) is 3.38. The molecule has 3 unspecified atom stereocenters. The molecule has 12 nitrogen and oxygen atoms in total. The third-order valence-corrected chi connectivity index (χ3v) is 6.54. The van der Waals surface area contributed by atoms with Gasteiger partial charge in [0.05, 0.1) is 25.6 Å². The van der Waals surface area contributed by atoms with E-state index in [-0.39, 0.29) is 25.5 Å². The Balaban J connectivity index is 1.43. The van der Waals surface area contributed by atoms with Crippen LogP contribution in [0.1, 0.15) is 19.1 Å². The molecule has 0 radical (unpaired) electrons. The predicted octanol–water partition coefficient (Wildman–Crippen LogP) is 0.278. The van der Waals surface area contributed by atoms with Crippen molar-refractivity contribution in [3.05, 3.63) is 12.7 Å². The zero-order valence-electron chi connectivity index (χ0n) is 15.3. The first-order chi connectivity index (χ1) is 13.9. The van der Waals surface area contributed by atoms with Gasteiger partial charge < -0.3 is 25.4 Å². The molecule has 0 amide bonds. The smallest absolute Gasteiger partial charge is 0.386 e. The number of anilines is 1. The number of ether oxygens (including phenoxy) is 2. The average molecular weight is 447 g/mol. The molecule has 2 aromatic rings. The molecule has 0 spiro atoms. The number of rotatable bonds is 7. The third-order valence-electron chi connectivity index (χ3n) is 4.90. The Hall–Kier alpha value is -1.31. The Labute approximate surface area is 171 Å². The minimum absolute atomic E-state index is 0.120. The minimum Gasteiger partial charge on any atom is -0.394 e. The van der Waals surface area contributed by atoms with Crippen LogP contribution in [0.5, 0.6) is 0 Å². The Morgan fingerprint density at radius 2 is 2.21 bits per heavy atom. The van der Waals surface area contributed by atoms with Gasteiger partial charge in [0, 0.05) is 13.0 Å². The zero-order valence-corrected chi connectivity index (χ0v) is 17.1. The highest BCUT2D eigenvalue weighted by atomic mass is 32.7. The number of aliphatic hydroxyl groups is 2. The fourth-order valence-corrected chi connectivity index (χ4v) is 4.92. The summed E-state index contributed by atoms with van der Waals surface area (Å²) < 4.78 is 36.2. The zero-order chi connectivity index (χ0) is 20.6. The van der Waals surface area contributed by atoms with Crippen molar-refractivity contribution in [2.24, 2.45) is 0 Å². The van der Waals surface area contributed by atoms with E-state index in [4.69, 9.17) is 24.3 Å². The number of aromatic nitrogens is 4. The molecule has 14 heteroatoms. The second kappa shape index (κ2) is 8.44. The number of nitrogens with two attached hydrogens (primary N) is 1. The number of hydrogen-bond donors (Lipinski definition) is 4. The van der Waals surface area contributed by atoms with Gasteiger partial charge in [-0.3, -0.25) is 13.6 Å². The molecule has 4 heterocycles. The van der Waals surface area contributed by atoms with Crippen LogP contribution in [0.3, 0.4) is 0 Å². The van der Waals surface area contributed by atoms with Gasteiger partial charge in [-0.15, -0.1) is 0 Å². The van der Waals surface area contributed by atoms with E-state index in [9.17, 15) is 14.8 Å². The van der Waals surface area contributed by atoms with Crippen LogP contribution >= 0.6 is 19.0 Å². The van der Waals surface area contributed by atoms with Crippen molar-refractivity contribution in [2.45, 2.75) is 43.5 Å². The van der Waals surface area contributed by atoms with E-state index in [2.05, 4.69) is 27.2 Å². The van der Waals surface area contributed by atoms with Gasteiger partial charge in [0.15, 0.2) is 11.5 Å². The highest BCUT2D eigenvalue weighted by Gasteiger charge is 2.41. The van der Waals surface area contributed by atoms with Crippen LogP contribution in [0.15, 0.2) is 12.7 Å². The maximum atomic E-state index is 12.6. The van der Waals surface area contributed by atoms with Crippen LogP contribution in [-0.2, 0) is 23.1 Å². The van der Waals surface area contributed by atoms with Crippen LogP contribution in [-0.4, -0.2) is 74.0 Å². The van der Waals surface area contributed by atoms with Gasteiger partial charge in [-0.25, -0.2) is 19.5 Å². The van der Waals surface area contributed by atoms with Crippen LogP contribution < -0.4 is 5.73 Å². The topological polar surface area (TPSA) is 164 Å². The molecule has 2 aromatic heterocycles. The van der Waals surface area contributed by atoms with Gasteiger partial charge in [0.1, 0.15) is 36.4 Å². The van der Waals surface area contributed by atoms with E-state index >= 15 is 0 Å². The largest absolute Gasteiger partial charge is 0.394 e. The quantitative estimate of drug-likeness (QED) is 0.340. The van der Waals surface area contributed by atoms with Crippen LogP contribution in [0, 0.1) is 0 Å². The van der Waals surface area contributed by atoms with Gasteiger partial charge in [0.25, 0.3) is 0 Å². The first-order valence-corrected chi connectivity index (χ1v) is 11.7. The van der Waals surface area contributed by atoms with Crippen molar-refractivity contribution in [2.75, 3.05) is 25.6 Å². The van der Waals surface area contributed by atoms with E-state index in [1.165, 1.54) is 12.7 Å². The first-order valence-electron chi connectivity index (χ1n) is 9.02. The van der Waals surface area contributed by atoms with Crippen molar-refractivity contribution < 1.29 is 33.3 Å². The predicted molar refractivity (Wildman–Crippen MR) is 103 cm³/mol. The maximum absolute atomic E-state index is 12.6. The maximum Gasteiger partial charge on any atom is 0.386 e. The molecule has 29 heavy (non-hydrogen) atoms. The van der Waals surface area contributed by atoms with Gasteiger partial charge in [-0.2, -0.15) is 0 Å². The van der Waals surface area contributed by atoms with Gasteiger partial charge in [-0.05, 0) is 6.42 Å². The Morgan fingerprint density at radius 3 is 2.93 bits per heavy atom. The van der Waals surface area contributed by atoms with Crippen molar-refractivity contribution in [1.82, 2.24) is 19.5 Å². The fourth-order valence-electron chi connectivity index (χ4n) is 3.39. The summed E-state index contributed by atoms with van der Waals surface area (Å²) in [5.41, 5.74) is 6.70. The monoisotopic (exact) mass is 447 g/mol. The molecular formula is C15H22N5O7PS. The molecule has 4 rings (SSSR count). The second-order valence-electron chi connectivity index (χ2n) is 6.80. The summed E-state index contributed by atoms with van der Waals surface area (Å²) in [6.45, 7) is -3.86. The van der Waals surface area contributed by atoms with Gasteiger partial charge >= 0.3 is 6.80 Å². The molecule has 6 atom stereocenters. The molecule has 2 aliphatic heterocycles. The lowest BCUT2D eigenvalue weighted by atomic mass is 10.2. The lowest BCUT2D eigenvalue weighted by Gasteiger charge is -2.22. The summed E-state index contributed by atoms with van der Waals surface area (Å²) in [6, 6.07) is 0. The number of aliphatic hydroxyl groups excluding tert-OH is 2. The minimum atomic E-state index is -3.79. The molecule has 2 fully saturated rings. The van der Waals surface area contributed by atoms with E-state index < -0.39 is 37.4 Å². The van der Waals surface area contributed by atoms with Gasteiger partial charge in [0.2, 0.25) is 0 Å². The first kappa shape index (κ1) is 20.9. The number of thiol groups is 1. The normalized spacial score (nSPS) is 32.0. The number of nitrogens with zero attached hydrogens (tertiary/aromatic N) is 4. The summed E-state index contributed by atoms with van der Waals surface area (Å²) in [5, 5.41) is 19.4. The van der Waals surface area contributed by atoms with Crippen LogP contribution in [0.2, 0.25) is 0 Å². The SMILES string of the molecule is Nc1ncnc2c1ncn2[C@H]1CC(OP(=O)(S)OC[C@H]2OCCC2O)[C@@H](CO)O1. The number of fused-ring (bicyclic) bond motifs is 1. The molecule has 0 aliphatic carbocycles. The molecule has 2 aliphatic rings. The van der Waals surface area contributed by atoms with Gasteiger partial charge in [-0.1, -0.05) is 12.2 Å². The lowest BCUT2D eigenvalue weighted by molar-refractivity contribution is -0.0418. The number of nitrogen functional groups attached to an aromatic ring is 1. The molecule has 4 N–H and O–H groups in total. The molecule has 0 aromatic carbocycles. The van der Waals surface area contributed by atoms with Crippen LogP contribution in [0.25, 0.3) is 11.2 Å². The lowest BCUT2D eigenvalue weighted by Crippen LogP contribution is -2.28. The summed E-state index contributed by atoms with van der Waals surface area (Å²) in [7, 11) is 0. The summed E-state index contributed by atoms with van der Waals surface area (Å²) in [4.78, 5) is 12.3. The highest BCUT2D eigenvalue weighted by Crippen LogP contribution is 2.56. The van der Waals surface area contributed by atoms with E-state index in [1.54, 1.807) is 4.57 Å². The van der Waals surface area contributed by atoms with E-state index in [1.807, 2.05) is 0 Å². The van der Waals surface area contributed by atoms with Crippen molar-refractivity contribution in [1.29, 1.82) is 0 Å². The van der Waals surface area contributed by atoms with Crippen molar-refractivity contribution in [3.63, 3.8) is 0 Å². The number of hydrogen-bond acceptors (Lipinski definition) is 11. The van der Waals surface area contributed by atoms with E-state index in [0.717, 1.165) is 0 Å².